The Labute approximate surface area is 90.1 Å². The van der Waals surface area contributed by atoms with Gasteiger partial charge in [0, 0.05) is 24.3 Å². The minimum atomic E-state index is 0.125. The fraction of sp³-hybridized carbons (Fsp3) is 0.600. The summed E-state index contributed by atoms with van der Waals surface area (Å²) in [5.41, 5.74) is 6.65. The Morgan fingerprint density at radius 3 is 2.87 bits per heavy atom. The highest BCUT2D eigenvalue weighted by molar-refractivity contribution is 5.30. The fourth-order valence-corrected chi connectivity index (χ4v) is 1.09. The van der Waals surface area contributed by atoms with Crippen molar-refractivity contribution in [3.63, 3.8) is 0 Å². The van der Waals surface area contributed by atoms with Gasteiger partial charge in [-0.05, 0) is 13.3 Å². The summed E-state index contributed by atoms with van der Waals surface area (Å²) in [4.78, 5) is 8.39. The second-order valence-corrected chi connectivity index (χ2v) is 3.42. The van der Waals surface area contributed by atoms with Gasteiger partial charge in [0.15, 0.2) is 0 Å². The highest BCUT2D eigenvalue weighted by atomic mass is 16.5. The average molecular weight is 210 g/mol. The number of aromatic nitrogens is 2. The van der Waals surface area contributed by atoms with Gasteiger partial charge in [-0.15, -0.1) is 0 Å². The largest absolute Gasteiger partial charge is 0.481 e. The molecule has 1 heterocycles. The van der Waals surface area contributed by atoms with Gasteiger partial charge < -0.3 is 15.8 Å². The van der Waals surface area contributed by atoms with Crippen molar-refractivity contribution < 1.29 is 4.74 Å². The zero-order valence-electron chi connectivity index (χ0n) is 9.45. The lowest BCUT2D eigenvalue weighted by Crippen LogP contribution is -2.28. The van der Waals surface area contributed by atoms with Crippen LogP contribution in [-0.4, -0.2) is 29.7 Å². The molecule has 1 rings (SSSR count). The molecule has 15 heavy (non-hydrogen) atoms. The molecule has 0 saturated heterocycles. The summed E-state index contributed by atoms with van der Waals surface area (Å²) in [5, 5.41) is 3.08. The van der Waals surface area contributed by atoms with Crippen LogP contribution in [-0.2, 0) is 0 Å². The third-order valence-corrected chi connectivity index (χ3v) is 2.09. The molecule has 0 fully saturated rings. The molecule has 0 radical (unpaired) electrons. The summed E-state index contributed by atoms with van der Waals surface area (Å²) < 4.78 is 5.05. The van der Waals surface area contributed by atoms with Crippen LogP contribution in [0.25, 0.3) is 0 Å². The molecule has 1 unspecified atom stereocenters. The minimum Gasteiger partial charge on any atom is -0.481 e. The molecule has 0 amide bonds. The minimum absolute atomic E-state index is 0.125. The Hall–Kier alpha value is -1.36. The average Bonchev–Trinajstić information content (AvgIpc) is 2.25. The van der Waals surface area contributed by atoms with Gasteiger partial charge in [0.2, 0.25) is 11.8 Å². The first-order valence-corrected chi connectivity index (χ1v) is 5.04. The van der Waals surface area contributed by atoms with Gasteiger partial charge >= 0.3 is 0 Å². The van der Waals surface area contributed by atoms with E-state index in [9.17, 15) is 0 Å². The number of nitrogens with zero attached hydrogens (tertiary/aromatic N) is 2. The lowest BCUT2D eigenvalue weighted by molar-refractivity contribution is 0.397. The third-order valence-electron chi connectivity index (χ3n) is 2.09. The van der Waals surface area contributed by atoms with E-state index in [2.05, 4.69) is 15.3 Å². The Bertz CT molecular complexity index is 316. The maximum Gasteiger partial charge on any atom is 0.226 e. The molecule has 0 bridgehead atoms. The highest BCUT2D eigenvalue weighted by Crippen LogP contribution is 2.10. The number of ether oxygens (including phenoxy) is 1. The first kappa shape index (κ1) is 11.7. The van der Waals surface area contributed by atoms with Crippen LogP contribution in [0.4, 0.5) is 5.95 Å². The first-order chi connectivity index (χ1) is 7.15. The van der Waals surface area contributed by atoms with Crippen molar-refractivity contribution in [2.24, 2.45) is 5.73 Å². The Balaban J connectivity index is 2.64. The first-order valence-electron chi connectivity index (χ1n) is 5.04. The van der Waals surface area contributed by atoms with Gasteiger partial charge in [0.1, 0.15) is 0 Å². The summed E-state index contributed by atoms with van der Waals surface area (Å²) in [7, 11) is 1.59. The number of hydrogen-bond acceptors (Lipinski definition) is 5. The van der Waals surface area contributed by atoms with Gasteiger partial charge in [-0.1, -0.05) is 6.92 Å². The van der Waals surface area contributed by atoms with Crippen LogP contribution in [0.1, 0.15) is 19.0 Å². The SMILES string of the molecule is CCC(N)CNc1nc(C)cc(OC)n1. The quantitative estimate of drug-likeness (QED) is 0.756. The monoisotopic (exact) mass is 210 g/mol. The van der Waals surface area contributed by atoms with Crippen LogP contribution in [0, 0.1) is 6.92 Å². The van der Waals surface area contributed by atoms with Crippen LogP contribution in [0.15, 0.2) is 6.07 Å². The van der Waals surface area contributed by atoms with E-state index in [0.29, 0.717) is 18.4 Å². The summed E-state index contributed by atoms with van der Waals surface area (Å²) in [6.45, 7) is 4.61. The summed E-state index contributed by atoms with van der Waals surface area (Å²) >= 11 is 0. The van der Waals surface area contributed by atoms with Crippen LogP contribution < -0.4 is 15.8 Å². The van der Waals surface area contributed by atoms with E-state index in [1.807, 2.05) is 13.8 Å². The second kappa shape index (κ2) is 5.50. The number of nitrogens with one attached hydrogen (secondary N) is 1. The van der Waals surface area contributed by atoms with Gasteiger partial charge in [-0.3, -0.25) is 0 Å². The lowest BCUT2D eigenvalue weighted by Gasteiger charge is -2.11. The molecule has 0 aromatic carbocycles. The lowest BCUT2D eigenvalue weighted by atomic mass is 10.2. The summed E-state index contributed by atoms with van der Waals surface area (Å²) in [6, 6.07) is 1.91. The van der Waals surface area contributed by atoms with Gasteiger partial charge in [-0.25, -0.2) is 4.98 Å². The third kappa shape index (κ3) is 3.71. The molecule has 0 aliphatic carbocycles. The number of anilines is 1. The van der Waals surface area contributed by atoms with E-state index in [1.54, 1.807) is 13.2 Å². The maximum atomic E-state index is 5.78. The normalized spacial score (nSPS) is 12.3. The molecule has 5 nitrogen and oxygen atoms in total. The van der Waals surface area contributed by atoms with Crippen LogP contribution in [0.2, 0.25) is 0 Å². The molecule has 1 atom stereocenters. The van der Waals surface area contributed by atoms with Gasteiger partial charge in [-0.2, -0.15) is 4.98 Å². The van der Waals surface area contributed by atoms with Crippen LogP contribution >= 0.6 is 0 Å². The molecular formula is C10H18N4O. The van der Waals surface area contributed by atoms with Crippen molar-refractivity contribution >= 4 is 5.95 Å². The molecule has 0 spiro atoms. The summed E-state index contributed by atoms with van der Waals surface area (Å²) in [6.07, 6.45) is 0.927. The van der Waals surface area contributed by atoms with Crippen molar-refractivity contribution in [1.82, 2.24) is 9.97 Å². The molecule has 84 valence electrons. The van der Waals surface area contributed by atoms with E-state index in [0.717, 1.165) is 12.1 Å². The van der Waals surface area contributed by atoms with Crippen molar-refractivity contribution in [3.8, 4) is 5.88 Å². The Kier molecular flexibility index (Phi) is 4.30. The molecule has 1 aromatic heterocycles. The number of methoxy groups -OCH3 is 1. The molecule has 1 aromatic rings. The number of nitrogens with two attached hydrogens (primary N) is 1. The Morgan fingerprint density at radius 2 is 2.27 bits per heavy atom. The Morgan fingerprint density at radius 1 is 1.53 bits per heavy atom. The predicted molar refractivity (Wildman–Crippen MR) is 60.1 cm³/mol. The standard InChI is InChI=1S/C10H18N4O/c1-4-8(11)6-12-10-13-7(2)5-9(14-10)15-3/h5,8H,4,6,11H2,1-3H3,(H,12,13,14). The van der Waals surface area contributed by atoms with Crippen molar-refractivity contribution in [2.45, 2.75) is 26.3 Å². The summed E-state index contributed by atoms with van der Waals surface area (Å²) in [5.74, 6) is 1.13. The number of hydrogen-bond donors (Lipinski definition) is 2. The van der Waals surface area contributed by atoms with E-state index >= 15 is 0 Å². The topological polar surface area (TPSA) is 73.1 Å². The molecule has 0 saturated carbocycles. The zero-order chi connectivity index (χ0) is 11.3. The fourth-order valence-electron chi connectivity index (χ4n) is 1.09. The smallest absolute Gasteiger partial charge is 0.226 e. The number of aryl methyl sites for hydroxylation is 1. The highest BCUT2D eigenvalue weighted by Gasteiger charge is 2.03. The van der Waals surface area contributed by atoms with E-state index in [-0.39, 0.29) is 6.04 Å². The van der Waals surface area contributed by atoms with Gasteiger partial charge in [0.25, 0.3) is 0 Å². The predicted octanol–water partition coefficient (Wildman–Crippen LogP) is 0.943. The van der Waals surface area contributed by atoms with E-state index in [1.165, 1.54) is 0 Å². The number of rotatable bonds is 5. The van der Waals surface area contributed by atoms with E-state index in [4.69, 9.17) is 10.5 Å². The van der Waals surface area contributed by atoms with Crippen LogP contribution in [0.5, 0.6) is 5.88 Å². The zero-order valence-corrected chi connectivity index (χ0v) is 9.45. The van der Waals surface area contributed by atoms with Crippen molar-refractivity contribution in [2.75, 3.05) is 19.0 Å². The van der Waals surface area contributed by atoms with Crippen LogP contribution in [0.3, 0.4) is 0 Å². The maximum absolute atomic E-state index is 5.78. The second-order valence-electron chi connectivity index (χ2n) is 3.42. The van der Waals surface area contributed by atoms with Crippen molar-refractivity contribution in [3.05, 3.63) is 11.8 Å². The van der Waals surface area contributed by atoms with E-state index < -0.39 is 0 Å². The van der Waals surface area contributed by atoms with Gasteiger partial charge in [0.05, 0.1) is 7.11 Å². The molecule has 5 heteroatoms. The molecule has 0 aliphatic heterocycles. The molecule has 0 aliphatic rings. The van der Waals surface area contributed by atoms with Crippen molar-refractivity contribution in [1.29, 1.82) is 0 Å². The molecule has 3 N–H and O–H groups in total. The molecular weight excluding hydrogens is 192 g/mol.